The minimum absolute atomic E-state index is 0.162. The molecule has 3 amide bonds. The van der Waals surface area contributed by atoms with Crippen molar-refractivity contribution in [3.05, 3.63) is 114 Å². The third-order valence-electron chi connectivity index (χ3n) is 6.96. The summed E-state index contributed by atoms with van der Waals surface area (Å²) in [6, 6.07) is 21.0. The number of thiazole rings is 1. The van der Waals surface area contributed by atoms with E-state index in [9.17, 15) is 29.3 Å². The zero-order valence-corrected chi connectivity index (χ0v) is 23.3. The molecule has 2 aliphatic heterocycles. The fourth-order valence-electron chi connectivity index (χ4n) is 5.13. The molecule has 4 aromatic rings. The number of fused-ring (bicyclic) bond motifs is 2. The standard InChI is InChI=1S/C28H19ClN4O6S2/c29-16-6-8-17(9-7-16)30-20(34)14-31-27-24(41-28(31)37)21(15-4-2-1-3-5-15)22-23(40-27)26(36)32(25(22)35)18-10-12-19(13-11-18)33(38)39/h1-13,21-23H,14H2,(H,30,34)/t21-,22+,23-/m0/s1. The highest BCUT2D eigenvalue weighted by Gasteiger charge is 2.56. The molecule has 1 fully saturated rings. The second-order valence-electron chi connectivity index (χ2n) is 9.42. The van der Waals surface area contributed by atoms with Gasteiger partial charge in [-0.15, -0.1) is 0 Å². The van der Waals surface area contributed by atoms with Crippen LogP contribution in [0.25, 0.3) is 0 Å². The number of hydrogen-bond donors (Lipinski definition) is 1. The average molecular weight is 607 g/mol. The summed E-state index contributed by atoms with van der Waals surface area (Å²) in [6.45, 7) is -0.284. The van der Waals surface area contributed by atoms with E-state index in [1.807, 2.05) is 30.3 Å². The van der Waals surface area contributed by atoms with Gasteiger partial charge >= 0.3 is 4.87 Å². The number of non-ortho nitro benzene ring substituents is 1. The Bertz CT molecular complexity index is 1760. The van der Waals surface area contributed by atoms with Crippen LogP contribution in [0.1, 0.15) is 16.4 Å². The molecule has 0 saturated carbocycles. The van der Waals surface area contributed by atoms with E-state index in [0.29, 0.717) is 20.6 Å². The van der Waals surface area contributed by atoms with E-state index in [0.717, 1.165) is 33.6 Å². The maximum atomic E-state index is 13.9. The van der Waals surface area contributed by atoms with Gasteiger partial charge in [0.2, 0.25) is 17.7 Å². The topological polar surface area (TPSA) is 132 Å². The van der Waals surface area contributed by atoms with Gasteiger partial charge in [0.25, 0.3) is 5.69 Å². The Hall–Kier alpha value is -4.26. The number of nitrogens with one attached hydrogen (secondary N) is 1. The van der Waals surface area contributed by atoms with Crippen LogP contribution < -0.4 is 15.1 Å². The van der Waals surface area contributed by atoms with Crippen molar-refractivity contribution >= 4 is 69.5 Å². The van der Waals surface area contributed by atoms with Crippen molar-refractivity contribution in [1.82, 2.24) is 4.57 Å². The van der Waals surface area contributed by atoms with Crippen LogP contribution in [0.4, 0.5) is 17.1 Å². The van der Waals surface area contributed by atoms with Gasteiger partial charge in [-0.1, -0.05) is 65.0 Å². The number of aromatic nitrogens is 1. The molecular formula is C28H19ClN4O6S2. The number of benzene rings is 3. The number of rotatable bonds is 6. The van der Waals surface area contributed by atoms with Crippen molar-refractivity contribution in [2.75, 3.05) is 10.2 Å². The zero-order chi connectivity index (χ0) is 28.8. The first-order valence-electron chi connectivity index (χ1n) is 12.4. The number of hydrogen-bond acceptors (Lipinski definition) is 8. The van der Waals surface area contributed by atoms with Crippen molar-refractivity contribution in [1.29, 1.82) is 0 Å². The lowest BCUT2D eigenvalue weighted by atomic mass is 9.83. The smallest absolute Gasteiger partial charge is 0.308 e. The molecule has 206 valence electrons. The summed E-state index contributed by atoms with van der Waals surface area (Å²) in [5.41, 5.74) is 1.34. The van der Waals surface area contributed by atoms with Crippen LogP contribution in [0.5, 0.6) is 0 Å². The second kappa shape index (κ2) is 10.6. The summed E-state index contributed by atoms with van der Waals surface area (Å²) in [5.74, 6) is -2.78. The third kappa shape index (κ3) is 4.83. The zero-order valence-electron chi connectivity index (χ0n) is 20.9. The molecule has 2 aliphatic rings. The predicted octanol–water partition coefficient (Wildman–Crippen LogP) is 4.91. The van der Waals surface area contributed by atoms with E-state index in [4.69, 9.17) is 11.6 Å². The largest absolute Gasteiger partial charge is 0.325 e. The SMILES string of the molecule is O=C(Cn1c2c(sc1=O)[C@@H](c1ccccc1)[C@H]1C(=O)N(c3ccc([N+](=O)[O-])cc3)C(=O)[C@H]1S2)Nc1ccc(Cl)cc1. The number of nitro benzene ring substituents is 1. The lowest BCUT2D eigenvalue weighted by Crippen LogP contribution is -2.33. The van der Waals surface area contributed by atoms with Crippen LogP contribution in [0.3, 0.4) is 0 Å². The third-order valence-corrected chi connectivity index (χ3v) is 9.81. The molecule has 0 unspecified atom stereocenters. The van der Waals surface area contributed by atoms with Gasteiger partial charge in [0, 0.05) is 33.6 Å². The van der Waals surface area contributed by atoms with Crippen LogP contribution in [0.2, 0.25) is 5.02 Å². The van der Waals surface area contributed by atoms with Gasteiger partial charge in [-0.3, -0.25) is 33.9 Å². The van der Waals surface area contributed by atoms with Crippen LogP contribution >= 0.6 is 34.7 Å². The Morgan fingerprint density at radius 3 is 2.29 bits per heavy atom. The maximum Gasteiger partial charge on any atom is 0.308 e. The Balaban J connectivity index is 1.38. The van der Waals surface area contributed by atoms with Crippen LogP contribution in [0, 0.1) is 16.0 Å². The van der Waals surface area contributed by atoms with Gasteiger partial charge in [0.05, 0.1) is 21.6 Å². The first kappa shape index (κ1) is 26.9. The second-order valence-corrected chi connectivity index (χ2v) is 12.0. The number of imide groups is 1. The Kier molecular flexibility index (Phi) is 6.98. The number of anilines is 2. The summed E-state index contributed by atoms with van der Waals surface area (Å²) < 4.78 is 1.34. The van der Waals surface area contributed by atoms with E-state index in [-0.39, 0.29) is 22.8 Å². The van der Waals surface area contributed by atoms with Gasteiger partial charge in [-0.05, 0) is 42.0 Å². The molecule has 0 aliphatic carbocycles. The Morgan fingerprint density at radius 1 is 0.951 bits per heavy atom. The van der Waals surface area contributed by atoms with Crippen LogP contribution in [-0.4, -0.2) is 32.5 Å². The normalized spacial score (nSPS) is 19.5. The highest BCUT2D eigenvalue weighted by Crippen LogP contribution is 2.53. The van der Waals surface area contributed by atoms with E-state index < -0.39 is 39.7 Å². The highest BCUT2D eigenvalue weighted by atomic mass is 35.5. The lowest BCUT2D eigenvalue weighted by molar-refractivity contribution is -0.384. The summed E-state index contributed by atoms with van der Waals surface area (Å²) in [5, 5.41) is 14.0. The molecule has 0 spiro atoms. The van der Waals surface area contributed by atoms with Crippen molar-refractivity contribution in [3.8, 4) is 0 Å². The minimum Gasteiger partial charge on any atom is -0.325 e. The van der Waals surface area contributed by atoms with Crippen LogP contribution in [0.15, 0.2) is 88.7 Å². The average Bonchev–Trinajstić information content (AvgIpc) is 3.40. The summed E-state index contributed by atoms with van der Waals surface area (Å²) in [4.78, 5) is 65.6. The molecule has 0 bridgehead atoms. The maximum absolute atomic E-state index is 13.9. The van der Waals surface area contributed by atoms with Gasteiger partial charge in [-0.25, -0.2) is 4.90 Å². The molecule has 10 nitrogen and oxygen atoms in total. The van der Waals surface area contributed by atoms with E-state index in [1.54, 1.807) is 24.3 Å². The summed E-state index contributed by atoms with van der Waals surface area (Å²) in [7, 11) is 0. The molecule has 1 aromatic heterocycles. The summed E-state index contributed by atoms with van der Waals surface area (Å²) >= 11 is 7.98. The number of halogens is 1. The van der Waals surface area contributed by atoms with Gasteiger partial charge in [0.15, 0.2) is 0 Å². The van der Waals surface area contributed by atoms with E-state index in [1.165, 1.54) is 28.8 Å². The molecule has 13 heteroatoms. The van der Waals surface area contributed by atoms with Crippen molar-refractivity contribution in [2.45, 2.75) is 22.7 Å². The molecule has 3 aromatic carbocycles. The monoisotopic (exact) mass is 606 g/mol. The molecule has 3 atom stereocenters. The minimum atomic E-state index is -0.866. The Morgan fingerprint density at radius 2 is 1.63 bits per heavy atom. The molecule has 41 heavy (non-hydrogen) atoms. The molecular weight excluding hydrogens is 588 g/mol. The van der Waals surface area contributed by atoms with Crippen molar-refractivity contribution < 1.29 is 19.3 Å². The van der Waals surface area contributed by atoms with E-state index in [2.05, 4.69) is 5.32 Å². The number of thioether (sulfide) groups is 1. The number of carbonyl (C=O) groups is 3. The molecule has 0 radical (unpaired) electrons. The number of carbonyl (C=O) groups excluding carboxylic acids is 3. The van der Waals surface area contributed by atoms with Crippen LogP contribution in [-0.2, 0) is 20.9 Å². The first-order valence-corrected chi connectivity index (χ1v) is 14.4. The van der Waals surface area contributed by atoms with Gasteiger partial charge < -0.3 is 5.32 Å². The van der Waals surface area contributed by atoms with Gasteiger partial charge in [0.1, 0.15) is 11.8 Å². The fraction of sp³-hybridized carbons (Fsp3) is 0.143. The Labute approximate surface area is 245 Å². The molecule has 1 N–H and O–H groups in total. The molecule has 3 heterocycles. The summed E-state index contributed by atoms with van der Waals surface area (Å²) in [6.07, 6.45) is 0. The van der Waals surface area contributed by atoms with Crippen molar-refractivity contribution in [3.63, 3.8) is 0 Å². The number of nitrogens with zero attached hydrogens (tertiary/aromatic N) is 3. The van der Waals surface area contributed by atoms with E-state index >= 15 is 0 Å². The fourth-order valence-corrected chi connectivity index (χ4v) is 8.03. The van der Waals surface area contributed by atoms with Gasteiger partial charge in [-0.2, -0.15) is 0 Å². The molecule has 6 rings (SSSR count). The molecule has 1 saturated heterocycles. The predicted molar refractivity (Wildman–Crippen MR) is 156 cm³/mol. The highest BCUT2D eigenvalue weighted by molar-refractivity contribution is 8.00. The first-order chi connectivity index (χ1) is 19.7. The lowest BCUT2D eigenvalue weighted by Gasteiger charge is -2.30. The number of nitro groups is 1. The van der Waals surface area contributed by atoms with Crippen molar-refractivity contribution in [2.24, 2.45) is 5.92 Å². The number of amides is 3. The quantitative estimate of drug-likeness (QED) is 0.187.